The summed E-state index contributed by atoms with van der Waals surface area (Å²) in [7, 11) is 5.02. The molecule has 1 heterocycles. The number of rotatable bonds is 3. The molecule has 17 heavy (non-hydrogen) atoms. The molecular weight excluding hydrogens is 218 g/mol. The van der Waals surface area contributed by atoms with Crippen LogP contribution < -0.4 is 15.2 Å². The van der Waals surface area contributed by atoms with Crippen molar-refractivity contribution >= 4 is 5.82 Å². The Hall–Kier alpha value is -2.17. The second-order valence-electron chi connectivity index (χ2n) is 3.60. The predicted molar refractivity (Wildman–Crippen MR) is 66.2 cm³/mol. The van der Waals surface area contributed by atoms with Crippen LogP contribution in [0.2, 0.25) is 0 Å². The Labute approximate surface area is 99.8 Å². The first kappa shape index (κ1) is 11.3. The Morgan fingerprint density at radius 3 is 2.18 bits per heavy atom. The van der Waals surface area contributed by atoms with Crippen LogP contribution in [0.1, 0.15) is 0 Å². The molecule has 0 saturated carbocycles. The van der Waals surface area contributed by atoms with E-state index in [0.717, 1.165) is 11.1 Å². The molecule has 2 rings (SSSR count). The SMILES string of the molecule is COc1cccc(OC)c1-c1cnn(C)c1N. The Kier molecular flexibility index (Phi) is 2.91. The highest BCUT2D eigenvalue weighted by molar-refractivity contribution is 5.83. The van der Waals surface area contributed by atoms with Crippen LogP contribution in [0.15, 0.2) is 24.4 Å². The van der Waals surface area contributed by atoms with Gasteiger partial charge in [0.15, 0.2) is 0 Å². The monoisotopic (exact) mass is 233 g/mol. The molecule has 0 atom stereocenters. The molecule has 0 fully saturated rings. The van der Waals surface area contributed by atoms with Gasteiger partial charge in [-0.25, -0.2) is 0 Å². The number of aromatic nitrogens is 2. The van der Waals surface area contributed by atoms with Crippen molar-refractivity contribution in [2.45, 2.75) is 0 Å². The molecule has 0 aliphatic rings. The van der Waals surface area contributed by atoms with Crippen molar-refractivity contribution in [3.8, 4) is 22.6 Å². The number of anilines is 1. The average molecular weight is 233 g/mol. The van der Waals surface area contributed by atoms with Crippen LogP contribution in [0.3, 0.4) is 0 Å². The van der Waals surface area contributed by atoms with Crippen molar-refractivity contribution in [3.63, 3.8) is 0 Å². The summed E-state index contributed by atoms with van der Waals surface area (Å²) < 4.78 is 12.3. The molecule has 2 N–H and O–H groups in total. The highest BCUT2D eigenvalue weighted by Gasteiger charge is 2.17. The molecule has 2 aromatic rings. The first-order chi connectivity index (χ1) is 8.19. The molecule has 0 amide bonds. The maximum atomic E-state index is 5.97. The largest absolute Gasteiger partial charge is 0.496 e. The minimum atomic E-state index is 0.577. The lowest BCUT2D eigenvalue weighted by Gasteiger charge is -2.12. The zero-order valence-corrected chi connectivity index (χ0v) is 10.1. The molecule has 1 aromatic carbocycles. The molecule has 1 aromatic heterocycles. The van der Waals surface area contributed by atoms with Crippen molar-refractivity contribution < 1.29 is 9.47 Å². The van der Waals surface area contributed by atoms with E-state index < -0.39 is 0 Å². The zero-order valence-electron chi connectivity index (χ0n) is 10.1. The van der Waals surface area contributed by atoms with Gasteiger partial charge in [-0.15, -0.1) is 0 Å². The van der Waals surface area contributed by atoms with E-state index >= 15 is 0 Å². The first-order valence-electron chi connectivity index (χ1n) is 5.18. The van der Waals surface area contributed by atoms with Crippen molar-refractivity contribution in [2.75, 3.05) is 20.0 Å². The van der Waals surface area contributed by atoms with Crippen LogP contribution in [-0.4, -0.2) is 24.0 Å². The molecule has 0 bridgehead atoms. The summed E-state index contributed by atoms with van der Waals surface area (Å²) in [5.74, 6) is 2.00. The number of benzene rings is 1. The Bertz CT molecular complexity index is 512. The number of ether oxygens (including phenoxy) is 2. The lowest BCUT2D eigenvalue weighted by atomic mass is 10.1. The number of hydrogen-bond donors (Lipinski definition) is 1. The van der Waals surface area contributed by atoms with Gasteiger partial charge in [0.2, 0.25) is 0 Å². The van der Waals surface area contributed by atoms with Gasteiger partial charge in [-0.1, -0.05) is 6.07 Å². The van der Waals surface area contributed by atoms with Crippen LogP contribution in [0.4, 0.5) is 5.82 Å². The molecule has 5 nitrogen and oxygen atoms in total. The third kappa shape index (κ3) is 1.80. The fourth-order valence-corrected chi connectivity index (χ4v) is 1.76. The van der Waals surface area contributed by atoms with Gasteiger partial charge in [-0.05, 0) is 12.1 Å². The van der Waals surface area contributed by atoms with Gasteiger partial charge >= 0.3 is 0 Å². The van der Waals surface area contributed by atoms with Gasteiger partial charge in [0.1, 0.15) is 17.3 Å². The maximum absolute atomic E-state index is 5.97. The number of hydrogen-bond acceptors (Lipinski definition) is 4. The molecular formula is C12H15N3O2. The summed E-state index contributed by atoms with van der Waals surface area (Å²) in [5.41, 5.74) is 7.60. The number of methoxy groups -OCH3 is 2. The normalized spacial score (nSPS) is 10.3. The van der Waals surface area contributed by atoms with Crippen LogP contribution in [-0.2, 0) is 7.05 Å². The standard InChI is InChI=1S/C12H15N3O2/c1-15-12(13)8(7-14-15)11-9(16-2)5-4-6-10(11)17-3/h4-7H,13H2,1-3H3. The quantitative estimate of drug-likeness (QED) is 0.876. The first-order valence-corrected chi connectivity index (χ1v) is 5.18. The second-order valence-corrected chi connectivity index (χ2v) is 3.60. The number of aryl methyl sites for hydroxylation is 1. The summed E-state index contributed by atoms with van der Waals surface area (Å²) >= 11 is 0. The molecule has 5 heteroatoms. The van der Waals surface area contributed by atoms with Crippen molar-refractivity contribution in [2.24, 2.45) is 7.05 Å². The number of nitrogens with zero attached hydrogens (tertiary/aromatic N) is 2. The van der Waals surface area contributed by atoms with E-state index in [9.17, 15) is 0 Å². The van der Waals surface area contributed by atoms with Gasteiger partial charge in [0.25, 0.3) is 0 Å². The Morgan fingerprint density at radius 1 is 1.18 bits per heavy atom. The Balaban J connectivity index is 2.68. The summed E-state index contributed by atoms with van der Waals surface area (Å²) in [4.78, 5) is 0. The molecule has 0 saturated heterocycles. The number of nitrogen functional groups attached to an aromatic ring is 1. The fraction of sp³-hybridized carbons (Fsp3) is 0.250. The second kappa shape index (κ2) is 4.37. The zero-order chi connectivity index (χ0) is 12.4. The van der Waals surface area contributed by atoms with Crippen LogP contribution in [0.25, 0.3) is 11.1 Å². The van der Waals surface area contributed by atoms with Gasteiger partial charge < -0.3 is 15.2 Å². The van der Waals surface area contributed by atoms with Crippen molar-refractivity contribution in [3.05, 3.63) is 24.4 Å². The van der Waals surface area contributed by atoms with Gasteiger partial charge in [0, 0.05) is 7.05 Å². The molecule has 0 unspecified atom stereocenters. The molecule has 90 valence electrons. The van der Waals surface area contributed by atoms with E-state index in [-0.39, 0.29) is 0 Å². The third-order valence-corrected chi connectivity index (χ3v) is 2.68. The van der Waals surface area contributed by atoms with E-state index in [4.69, 9.17) is 15.2 Å². The van der Waals surface area contributed by atoms with E-state index in [1.165, 1.54) is 0 Å². The number of nitrogens with two attached hydrogens (primary N) is 1. The topological polar surface area (TPSA) is 62.3 Å². The minimum absolute atomic E-state index is 0.577. The fourth-order valence-electron chi connectivity index (χ4n) is 1.76. The summed E-state index contributed by atoms with van der Waals surface area (Å²) in [5, 5.41) is 4.12. The predicted octanol–water partition coefficient (Wildman–Crippen LogP) is 1.69. The lowest BCUT2D eigenvalue weighted by molar-refractivity contribution is 0.397. The van der Waals surface area contributed by atoms with Crippen molar-refractivity contribution in [1.29, 1.82) is 0 Å². The average Bonchev–Trinajstić information content (AvgIpc) is 2.69. The van der Waals surface area contributed by atoms with E-state index in [1.807, 2.05) is 18.2 Å². The molecule has 0 radical (unpaired) electrons. The minimum Gasteiger partial charge on any atom is -0.496 e. The van der Waals surface area contributed by atoms with E-state index in [1.54, 1.807) is 32.1 Å². The van der Waals surface area contributed by atoms with Gasteiger partial charge in [-0.3, -0.25) is 4.68 Å². The van der Waals surface area contributed by atoms with E-state index in [2.05, 4.69) is 5.10 Å². The summed E-state index contributed by atoms with van der Waals surface area (Å²) in [6.07, 6.45) is 1.70. The summed E-state index contributed by atoms with van der Waals surface area (Å²) in [6.45, 7) is 0. The van der Waals surface area contributed by atoms with Crippen LogP contribution >= 0.6 is 0 Å². The molecule has 0 aliphatic carbocycles. The van der Waals surface area contributed by atoms with Crippen molar-refractivity contribution in [1.82, 2.24) is 9.78 Å². The summed E-state index contributed by atoms with van der Waals surface area (Å²) in [6, 6.07) is 5.60. The molecule has 0 aliphatic heterocycles. The molecule has 0 spiro atoms. The van der Waals surface area contributed by atoms with Crippen LogP contribution in [0.5, 0.6) is 11.5 Å². The van der Waals surface area contributed by atoms with Gasteiger partial charge in [-0.2, -0.15) is 5.10 Å². The lowest BCUT2D eigenvalue weighted by Crippen LogP contribution is -1.99. The highest BCUT2D eigenvalue weighted by Crippen LogP contribution is 2.40. The van der Waals surface area contributed by atoms with Gasteiger partial charge in [0.05, 0.1) is 31.5 Å². The van der Waals surface area contributed by atoms with E-state index in [0.29, 0.717) is 17.3 Å². The smallest absolute Gasteiger partial charge is 0.130 e. The Morgan fingerprint density at radius 2 is 1.76 bits per heavy atom. The highest BCUT2D eigenvalue weighted by atomic mass is 16.5. The van der Waals surface area contributed by atoms with Crippen LogP contribution in [0, 0.1) is 0 Å². The third-order valence-electron chi connectivity index (χ3n) is 2.68. The maximum Gasteiger partial charge on any atom is 0.130 e.